The summed E-state index contributed by atoms with van der Waals surface area (Å²) < 4.78 is 0. The van der Waals surface area contributed by atoms with E-state index in [0.29, 0.717) is 19.3 Å². The minimum absolute atomic E-state index is 0.0899. The van der Waals surface area contributed by atoms with Crippen molar-refractivity contribution in [2.24, 2.45) is 0 Å². The number of carbonyl (C=O) groups excluding carboxylic acids is 1. The van der Waals surface area contributed by atoms with Crippen LogP contribution < -0.4 is 5.32 Å². The number of unbranched alkanes of at least 4 members (excludes halogenated alkanes) is 6. The average Bonchev–Trinajstić information content (AvgIpc) is 2.47. The van der Waals surface area contributed by atoms with Gasteiger partial charge in [-0.2, -0.15) is 0 Å². The number of amides is 1. The van der Waals surface area contributed by atoms with Gasteiger partial charge in [0.1, 0.15) is 5.54 Å². The topological polar surface area (TPSA) is 66.4 Å². The number of carboxylic acids is 1. The normalized spacial score (nSPS) is 17.4. The Bertz CT molecular complexity index is 322. The van der Waals surface area contributed by atoms with E-state index in [-0.39, 0.29) is 5.91 Å². The molecule has 1 fully saturated rings. The van der Waals surface area contributed by atoms with Crippen molar-refractivity contribution in [2.75, 3.05) is 0 Å². The van der Waals surface area contributed by atoms with Gasteiger partial charge in [0.25, 0.3) is 0 Å². The van der Waals surface area contributed by atoms with Crippen LogP contribution in [0.2, 0.25) is 0 Å². The summed E-state index contributed by atoms with van der Waals surface area (Å²) in [6, 6.07) is 0. The Morgan fingerprint density at radius 3 is 2.10 bits per heavy atom. The van der Waals surface area contributed by atoms with E-state index in [0.717, 1.165) is 32.1 Å². The number of nitrogens with one attached hydrogen (secondary N) is 1. The highest BCUT2D eigenvalue weighted by Crippen LogP contribution is 2.28. The van der Waals surface area contributed by atoms with E-state index in [4.69, 9.17) is 0 Å². The van der Waals surface area contributed by atoms with E-state index in [9.17, 15) is 14.7 Å². The van der Waals surface area contributed by atoms with Crippen LogP contribution in [0.5, 0.6) is 0 Å². The van der Waals surface area contributed by atoms with Gasteiger partial charge in [-0.1, -0.05) is 64.7 Å². The summed E-state index contributed by atoms with van der Waals surface area (Å²) in [6.07, 6.45) is 12.7. The van der Waals surface area contributed by atoms with Crippen LogP contribution in [0.4, 0.5) is 0 Å². The van der Waals surface area contributed by atoms with Crippen LogP contribution in [-0.2, 0) is 9.59 Å². The molecule has 1 aliphatic rings. The molecular weight excluding hydrogens is 266 g/mol. The van der Waals surface area contributed by atoms with Gasteiger partial charge in [0.05, 0.1) is 0 Å². The fourth-order valence-electron chi connectivity index (χ4n) is 3.12. The van der Waals surface area contributed by atoms with E-state index < -0.39 is 11.5 Å². The Labute approximate surface area is 128 Å². The van der Waals surface area contributed by atoms with Gasteiger partial charge in [0.2, 0.25) is 5.91 Å². The second-order valence-corrected chi connectivity index (χ2v) is 6.37. The molecule has 0 aliphatic heterocycles. The van der Waals surface area contributed by atoms with Crippen molar-refractivity contribution >= 4 is 11.9 Å². The zero-order valence-electron chi connectivity index (χ0n) is 13.5. The van der Waals surface area contributed by atoms with E-state index >= 15 is 0 Å². The van der Waals surface area contributed by atoms with Gasteiger partial charge >= 0.3 is 5.97 Å². The molecule has 0 aromatic carbocycles. The molecule has 4 heteroatoms. The van der Waals surface area contributed by atoms with Crippen LogP contribution in [0.3, 0.4) is 0 Å². The Kier molecular flexibility index (Phi) is 8.40. The lowest BCUT2D eigenvalue weighted by Crippen LogP contribution is -2.55. The molecule has 4 nitrogen and oxygen atoms in total. The van der Waals surface area contributed by atoms with Crippen molar-refractivity contribution in [1.82, 2.24) is 5.32 Å². The predicted octanol–water partition coefficient (Wildman–Crippen LogP) is 4.03. The van der Waals surface area contributed by atoms with Gasteiger partial charge in [0, 0.05) is 6.42 Å². The molecule has 122 valence electrons. The van der Waals surface area contributed by atoms with Gasteiger partial charge in [-0.05, 0) is 19.3 Å². The highest BCUT2D eigenvalue weighted by Gasteiger charge is 2.40. The summed E-state index contributed by atoms with van der Waals surface area (Å²) in [5.41, 5.74) is -0.990. The van der Waals surface area contributed by atoms with Crippen LogP contribution in [0.15, 0.2) is 0 Å². The molecule has 0 aromatic rings. The van der Waals surface area contributed by atoms with Crippen molar-refractivity contribution < 1.29 is 14.7 Å². The SMILES string of the molecule is CCCCCCCCCC(=O)NC1(C(=O)O)CCCCC1. The molecule has 0 saturated heterocycles. The predicted molar refractivity (Wildman–Crippen MR) is 84.2 cm³/mol. The molecule has 0 unspecified atom stereocenters. The molecule has 1 aliphatic carbocycles. The number of carboxylic acid groups (broad SMARTS) is 1. The van der Waals surface area contributed by atoms with Gasteiger partial charge in [-0.3, -0.25) is 4.79 Å². The summed E-state index contributed by atoms with van der Waals surface area (Å²) >= 11 is 0. The Morgan fingerprint density at radius 2 is 1.52 bits per heavy atom. The molecule has 0 atom stereocenters. The second-order valence-electron chi connectivity index (χ2n) is 6.37. The van der Waals surface area contributed by atoms with E-state index in [1.54, 1.807) is 0 Å². The van der Waals surface area contributed by atoms with Crippen molar-refractivity contribution in [2.45, 2.75) is 95.9 Å². The summed E-state index contributed by atoms with van der Waals surface area (Å²) in [6.45, 7) is 2.20. The van der Waals surface area contributed by atoms with Gasteiger partial charge < -0.3 is 10.4 Å². The van der Waals surface area contributed by atoms with E-state index in [1.165, 1.54) is 32.1 Å². The first-order valence-corrected chi connectivity index (χ1v) is 8.65. The third-order valence-corrected chi connectivity index (χ3v) is 4.50. The molecule has 0 aromatic heterocycles. The van der Waals surface area contributed by atoms with Gasteiger partial charge in [0.15, 0.2) is 0 Å². The standard InChI is InChI=1S/C17H31NO3/c1-2-3-4-5-6-7-9-12-15(19)18-17(16(20)21)13-10-8-11-14-17/h2-14H2,1H3,(H,18,19)(H,20,21). The van der Waals surface area contributed by atoms with E-state index in [2.05, 4.69) is 12.2 Å². The zero-order chi connectivity index (χ0) is 15.6. The summed E-state index contributed by atoms with van der Waals surface area (Å²) in [5, 5.41) is 12.2. The largest absolute Gasteiger partial charge is 0.480 e. The van der Waals surface area contributed by atoms with Crippen molar-refractivity contribution in [3.05, 3.63) is 0 Å². The molecule has 1 saturated carbocycles. The minimum atomic E-state index is -0.990. The van der Waals surface area contributed by atoms with Crippen LogP contribution in [0.1, 0.15) is 90.4 Å². The van der Waals surface area contributed by atoms with Crippen LogP contribution >= 0.6 is 0 Å². The zero-order valence-corrected chi connectivity index (χ0v) is 13.5. The lowest BCUT2D eigenvalue weighted by molar-refractivity contribution is -0.149. The minimum Gasteiger partial charge on any atom is -0.480 e. The van der Waals surface area contributed by atoms with Crippen LogP contribution in [0.25, 0.3) is 0 Å². The fraction of sp³-hybridized carbons (Fsp3) is 0.882. The monoisotopic (exact) mass is 297 g/mol. The maximum absolute atomic E-state index is 12.0. The average molecular weight is 297 g/mol. The van der Waals surface area contributed by atoms with Crippen molar-refractivity contribution in [1.29, 1.82) is 0 Å². The fourth-order valence-corrected chi connectivity index (χ4v) is 3.12. The van der Waals surface area contributed by atoms with Crippen molar-refractivity contribution in [3.63, 3.8) is 0 Å². The maximum Gasteiger partial charge on any atom is 0.329 e. The van der Waals surface area contributed by atoms with Gasteiger partial charge in [-0.25, -0.2) is 4.79 Å². The number of aliphatic carboxylic acids is 1. The molecular formula is C17H31NO3. The molecule has 0 spiro atoms. The van der Waals surface area contributed by atoms with Crippen molar-refractivity contribution in [3.8, 4) is 0 Å². The van der Waals surface area contributed by atoms with Gasteiger partial charge in [-0.15, -0.1) is 0 Å². The first-order chi connectivity index (χ1) is 10.1. The first-order valence-electron chi connectivity index (χ1n) is 8.65. The summed E-state index contributed by atoms with van der Waals surface area (Å²) in [7, 11) is 0. The third-order valence-electron chi connectivity index (χ3n) is 4.50. The first kappa shape index (κ1) is 18.0. The highest BCUT2D eigenvalue weighted by molar-refractivity contribution is 5.87. The number of hydrogen-bond donors (Lipinski definition) is 2. The smallest absolute Gasteiger partial charge is 0.329 e. The van der Waals surface area contributed by atoms with Crippen LogP contribution in [0, 0.1) is 0 Å². The molecule has 2 N–H and O–H groups in total. The quantitative estimate of drug-likeness (QED) is 0.598. The lowest BCUT2D eigenvalue weighted by Gasteiger charge is -2.34. The second kappa shape index (κ2) is 9.80. The molecule has 1 amide bonds. The number of hydrogen-bond acceptors (Lipinski definition) is 2. The van der Waals surface area contributed by atoms with E-state index in [1.807, 2.05) is 0 Å². The number of carbonyl (C=O) groups is 2. The lowest BCUT2D eigenvalue weighted by atomic mass is 9.81. The molecule has 0 heterocycles. The molecule has 21 heavy (non-hydrogen) atoms. The summed E-state index contributed by atoms with van der Waals surface area (Å²) in [5.74, 6) is -0.956. The van der Waals surface area contributed by atoms with Crippen LogP contribution in [-0.4, -0.2) is 22.5 Å². The highest BCUT2D eigenvalue weighted by atomic mass is 16.4. The number of rotatable bonds is 10. The third kappa shape index (κ3) is 6.49. The summed E-state index contributed by atoms with van der Waals surface area (Å²) in [4.78, 5) is 23.5. The Balaban J connectivity index is 2.21. The molecule has 0 bridgehead atoms. The molecule has 0 radical (unpaired) electrons. The Morgan fingerprint density at radius 1 is 0.952 bits per heavy atom. The Hall–Kier alpha value is -1.06. The molecule has 1 rings (SSSR count). The maximum atomic E-state index is 12.0.